The number of benzene rings is 1. The average molecular weight is 302 g/mol. The third-order valence-electron chi connectivity index (χ3n) is 2.92. The summed E-state index contributed by atoms with van der Waals surface area (Å²) in [5.74, 6) is -1.16. The number of nitrogens with one attached hydrogen (secondary N) is 2. The van der Waals surface area contributed by atoms with E-state index in [0.29, 0.717) is 5.56 Å². The molecule has 22 heavy (non-hydrogen) atoms. The van der Waals surface area contributed by atoms with Gasteiger partial charge in [0.1, 0.15) is 5.71 Å². The van der Waals surface area contributed by atoms with E-state index in [9.17, 15) is 9.90 Å². The molecule has 0 saturated carbocycles. The van der Waals surface area contributed by atoms with Gasteiger partial charge in [-0.05, 0) is 10.7 Å². The van der Waals surface area contributed by atoms with Crippen LogP contribution >= 0.6 is 0 Å². The highest BCUT2D eigenvalue weighted by Crippen LogP contribution is 2.22. The van der Waals surface area contributed by atoms with Gasteiger partial charge in [0.05, 0.1) is 12.5 Å². The molecule has 6 N–H and O–H groups in total. The Morgan fingerprint density at radius 3 is 2.59 bits per heavy atom. The number of hydrogen-bond acceptors (Lipinski definition) is 7. The fraction of sp³-hybridized carbons (Fsp3) is 0.0714. The number of carbonyl (C=O) groups excluding carboxylic acids is 1. The first-order valence-corrected chi connectivity index (χ1v) is 6.25. The fourth-order valence-electron chi connectivity index (χ4n) is 1.84. The van der Waals surface area contributed by atoms with Gasteiger partial charge in [0.15, 0.2) is 5.76 Å². The smallest absolute Gasteiger partial charge is 0.252 e. The molecule has 0 atom stereocenters. The van der Waals surface area contributed by atoms with Crippen LogP contribution in [0, 0.1) is 5.41 Å². The fourth-order valence-corrected chi connectivity index (χ4v) is 1.84. The number of hydroxylamine groups is 1. The predicted octanol–water partition coefficient (Wildman–Crippen LogP) is 1.01. The maximum atomic E-state index is 11.5. The normalized spacial score (nSPS) is 11.7. The molecule has 1 heterocycles. The second kappa shape index (κ2) is 6.55. The van der Waals surface area contributed by atoms with Crippen LogP contribution in [0.1, 0.15) is 17.7 Å². The van der Waals surface area contributed by atoms with Crippen molar-refractivity contribution in [1.29, 1.82) is 5.41 Å². The van der Waals surface area contributed by atoms with E-state index in [1.165, 1.54) is 5.48 Å². The van der Waals surface area contributed by atoms with E-state index in [-0.39, 0.29) is 35.0 Å². The topological polar surface area (TPSA) is 145 Å². The van der Waals surface area contributed by atoms with Crippen molar-refractivity contribution in [2.24, 2.45) is 5.73 Å². The van der Waals surface area contributed by atoms with Crippen LogP contribution < -0.4 is 11.2 Å². The first-order chi connectivity index (χ1) is 10.5. The van der Waals surface area contributed by atoms with Crippen LogP contribution in [0.25, 0.3) is 5.70 Å². The number of hydrogen-bond donors (Lipinski definition) is 5. The monoisotopic (exact) mass is 302 g/mol. The van der Waals surface area contributed by atoms with Gasteiger partial charge < -0.3 is 15.4 Å². The summed E-state index contributed by atoms with van der Waals surface area (Å²) in [6.45, 7) is 0. The van der Waals surface area contributed by atoms with Crippen molar-refractivity contribution in [3.63, 3.8) is 0 Å². The molecule has 0 bridgehead atoms. The van der Waals surface area contributed by atoms with Crippen molar-refractivity contribution in [2.45, 2.75) is 6.42 Å². The van der Waals surface area contributed by atoms with Gasteiger partial charge in [-0.2, -0.15) is 0 Å². The van der Waals surface area contributed by atoms with Crippen LogP contribution in [-0.2, 0) is 4.79 Å². The van der Waals surface area contributed by atoms with Crippen LogP contribution in [0.4, 0.5) is 0 Å². The maximum Gasteiger partial charge on any atom is 0.252 e. The summed E-state index contributed by atoms with van der Waals surface area (Å²) in [6.07, 6.45) is -0.336. The zero-order valence-corrected chi connectivity index (χ0v) is 11.4. The molecular formula is C14H14N4O4. The van der Waals surface area contributed by atoms with Gasteiger partial charge in [-0.3, -0.25) is 15.4 Å². The third-order valence-corrected chi connectivity index (χ3v) is 2.92. The molecule has 1 amide bonds. The van der Waals surface area contributed by atoms with Crippen LogP contribution in [0.3, 0.4) is 0 Å². The Labute approximate surface area is 125 Å². The minimum atomic E-state index is -0.734. The molecule has 0 aliphatic carbocycles. The van der Waals surface area contributed by atoms with Crippen LogP contribution in [-0.4, -0.2) is 27.1 Å². The largest absolute Gasteiger partial charge is 0.491 e. The first kappa shape index (κ1) is 15.3. The van der Waals surface area contributed by atoms with Gasteiger partial charge >= 0.3 is 0 Å². The van der Waals surface area contributed by atoms with Gasteiger partial charge in [0, 0.05) is 11.3 Å². The second-order valence-corrected chi connectivity index (χ2v) is 4.39. The van der Waals surface area contributed by atoms with E-state index in [4.69, 9.17) is 20.9 Å². The maximum absolute atomic E-state index is 11.5. The van der Waals surface area contributed by atoms with Crippen molar-refractivity contribution in [3.8, 4) is 5.88 Å². The van der Waals surface area contributed by atoms with Crippen molar-refractivity contribution in [1.82, 2.24) is 10.6 Å². The summed E-state index contributed by atoms with van der Waals surface area (Å²) >= 11 is 0. The predicted molar refractivity (Wildman–Crippen MR) is 77.1 cm³/mol. The molecule has 2 rings (SSSR count). The summed E-state index contributed by atoms with van der Waals surface area (Å²) in [7, 11) is 0. The number of rotatable bonds is 5. The Bertz CT molecular complexity index is 721. The summed E-state index contributed by atoms with van der Waals surface area (Å²) in [6, 6.07) is 9.90. The average Bonchev–Trinajstić information content (AvgIpc) is 2.98. The lowest BCUT2D eigenvalue weighted by Gasteiger charge is -2.11. The quantitative estimate of drug-likeness (QED) is 0.316. The number of nitrogens with zero attached hydrogens (tertiary/aromatic N) is 1. The Morgan fingerprint density at radius 2 is 2.05 bits per heavy atom. The first-order valence-electron chi connectivity index (χ1n) is 6.25. The Kier molecular flexibility index (Phi) is 4.54. The number of carbonyl (C=O) groups is 1. The van der Waals surface area contributed by atoms with Crippen LogP contribution in [0.2, 0.25) is 0 Å². The Morgan fingerprint density at radius 1 is 1.36 bits per heavy atom. The van der Waals surface area contributed by atoms with Crippen LogP contribution in [0.5, 0.6) is 5.88 Å². The molecule has 0 saturated heterocycles. The molecular weight excluding hydrogens is 288 g/mol. The third kappa shape index (κ3) is 3.30. The molecule has 0 radical (unpaired) electrons. The van der Waals surface area contributed by atoms with Gasteiger partial charge in [-0.15, -0.1) is 0 Å². The van der Waals surface area contributed by atoms with Crippen molar-refractivity contribution in [2.75, 3.05) is 0 Å². The van der Waals surface area contributed by atoms with Gasteiger partial charge in [0.2, 0.25) is 5.91 Å². The van der Waals surface area contributed by atoms with Crippen LogP contribution in [0.15, 0.2) is 46.5 Å². The van der Waals surface area contributed by atoms with Crippen molar-refractivity contribution >= 4 is 17.3 Å². The Balaban J connectivity index is 2.46. The summed E-state index contributed by atoms with van der Waals surface area (Å²) in [5.41, 5.74) is 8.25. The van der Waals surface area contributed by atoms with E-state index in [1.807, 2.05) is 0 Å². The molecule has 0 unspecified atom stereocenters. The highest BCUT2D eigenvalue weighted by molar-refractivity contribution is 6.15. The van der Waals surface area contributed by atoms with Gasteiger partial charge in [-0.1, -0.05) is 30.3 Å². The van der Waals surface area contributed by atoms with Gasteiger partial charge in [-0.25, -0.2) is 5.48 Å². The second-order valence-electron chi connectivity index (χ2n) is 4.39. The molecule has 114 valence electrons. The Hall–Kier alpha value is -3.13. The summed E-state index contributed by atoms with van der Waals surface area (Å²) in [4.78, 5) is 11.5. The molecule has 8 nitrogen and oxygen atoms in total. The molecule has 1 aromatic carbocycles. The van der Waals surface area contributed by atoms with Crippen molar-refractivity contribution in [3.05, 3.63) is 53.3 Å². The minimum Gasteiger partial charge on any atom is -0.491 e. The zero-order valence-electron chi connectivity index (χ0n) is 11.4. The molecule has 1 aromatic heterocycles. The van der Waals surface area contributed by atoms with E-state index < -0.39 is 5.91 Å². The van der Waals surface area contributed by atoms with E-state index >= 15 is 0 Å². The molecule has 0 aliphatic heterocycles. The lowest BCUT2D eigenvalue weighted by atomic mass is 9.98. The SMILES string of the molecule is N=C(/C(CC(=O)NO)=C(\N)c1ccccc1)c1cc(O)no1. The van der Waals surface area contributed by atoms with Gasteiger partial charge in [0.25, 0.3) is 5.88 Å². The molecule has 8 heteroatoms. The lowest BCUT2D eigenvalue weighted by Crippen LogP contribution is -2.22. The number of amides is 1. The lowest BCUT2D eigenvalue weighted by molar-refractivity contribution is -0.128. The van der Waals surface area contributed by atoms with E-state index in [0.717, 1.165) is 6.07 Å². The highest BCUT2D eigenvalue weighted by atomic mass is 16.5. The van der Waals surface area contributed by atoms with E-state index in [1.54, 1.807) is 30.3 Å². The molecule has 2 aromatic rings. The zero-order chi connectivity index (χ0) is 16.1. The summed E-state index contributed by atoms with van der Waals surface area (Å²) in [5, 5.41) is 29.3. The van der Waals surface area contributed by atoms with Crippen molar-refractivity contribution < 1.29 is 19.6 Å². The number of nitrogens with two attached hydrogens (primary N) is 1. The summed E-state index contributed by atoms with van der Waals surface area (Å²) < 4.78 is 4.80. The number of aromatic nitrogens is 1. The minimum absolute atomic E-state index is 0.0443. The molecule has 0 aliphatic rings. The standard InChI is InChI=1S/C14H14N4O4/c15-13(8-4-2-1-3-5-8)9(6-11(19)17-21)14(16)10-7-12(20)18-22-10/h1-5,7,16,21H,6,15H2,(H,17,19)(H,18,20)/b13-9-,16-14?. The van der Waals surface area contributed by atoms with E-state index in [2.05, 4.69) is 5.16 Å². The highest BCUT2D eigenvalue weighted by Gasteiger charge is 2.20. The molecule has 0 spiro atoms. The number of aromatic hydroxyl groups is 1. The molecule has 0 fully saturated rings.